The van der Waals surface area contributed by atoms with Gasteiger partial charge in [-0.1, -0.05) is 18.2 Å². The zero-order chi connectivity index (χ0) is 16.9. The van der Waals surface area contributed by atoms with Crippen molar-refractivity contribution in [3.63, 3.8) is 0 Å². The van der Waals surface area contributed by atoms with Gasteiger partial charge in [0.2, 0.25) is 0 Å². The SMILES string of the molecule is COc1ccccc1C1CNCCN1Cc1csc(C(C)OC)n1.Cl.Cl. The lowest BCUT2D eigenvalue weighted by molar-refractivity contribution is 0.118. The van der Waals surface area contributed by atoms with Crippen LogP contribution in [-0.4, -0.2) is 43.7 Å². The molecule has 0 radical (unpaired) electrons. The number of rotatable bonds is 6. The van der Waals surface area contributed by atoms with E-state index in [0.717, 1.165) is 42.6 Å². The van der Waals surface area contributed by atoms with Crippen LogP contribution in [0.3, 0.4) is 0 Å². The fraction of sp³-hybridized carbons (Fsp3) is 0.500. The number of benzene rings is 1. The average Bonchev–Trinajstić information content (AvgIpc) is 3.10. The summed E-state index contributed by atoms with van der Waals surface area (Å²) in [5, 5.41) is 6.68. The summed E-state index contributed by atoms with van der Waals surface area (Å²) in [6, 6.07) is 8.57. The Balaban J connectivity index is 0.00000169. The van der Waals surface area contributed by atoms with Gasteiger partial charge < -0.3 is 14.8 Å². The third-order valence-corrected chi connectivity index (χ3v) is 5.54. The standard InChI is InChI=1S/C18H25N3O2S.2ClH/c1-13(22-2)18-20-14(12-24-18)11-21-9-8-19-10-16(21)15-6-4-5-7-17(15)23-3;;/h4-7,12-13,16,19H,8-11H2,1-3H3;2*1H. The predicted molar refractivity (Wildman–Crippen MR) is 111 cm³/mol. The lowest BCUT2D eigenvalue weighted by atomic mass is 10.0. The molecule has 0 saturated carbocycles. The largest absolute Gasteiger partial charge is 0.496 e. The third-order valence-electron chi connectivity index (χ3n) is 4.49. The zero-order valence-corrected chi connectivity index (χ0v) is 17.8. The first-order valence-electron chi connectivity index (χ1n) is 8.27. The van der Waals surface area contributed by atoms with Gasteiger partial charge in [0.05, 0.1) is 18.8 Å². The Hall–Kier alpha value is -0.890. The number of nitrogens with one attached hydrogen (secondary N) is 1. The maximum Gasteiger partial charge on any atom is 0.123 e. The van der Waals surface area contributed by atoms with Gasteiger partial charge in [-0.05, 0) is 13.0 Å². The Morgan fingerprint density at radius 3 is 2.81 bits per heavy atom. The Bertz CT molecular complexity index is 671. The predicted octanol–water partition coefficient (Wildman–Crippen LogP) is 3.85. The fourth-order valence-corrected chi connectivity index (χ4v) is 3.92. The number of methoxy groups -OCH3 is 2. The number of thiazole rings is 1. The maximum absolute atomic E-state index is 5.56. The van der Waals surface area contributed by atoms with E-state index >= 15 is 0 Å². The summed E-state index contributed by atoms with van der Waals surface area (Å²) in [6.07, 6.45) is 0.0526. The molecular weight excluding hydrogens is 393 g/mol. The minimum absolute atomic E-state index is 0. The zero-order valence-electron chi connectivity index (χ0n) is 15.3. The van der Waals surface area contributed by atoms with Crippen molar-refractivity contribution in [2.45, 2.75) is 25.6 Å². The molecule has 0 amide bonds. The highest BCUT2D eigenvalue weighted by atomic mass is 35.5. The topological polar surface area (TPSA) is 46.6 Å². The van der Waals surface area contributed by atoms with E-state index in [4.69, 9.17) is 14.5 Å². The molecular formula is C18H27Cl2N3O2S. The molecule has 2 aromatic rings. The average molecular weight is 420 g/mol. The van der Waals surface area contributed by atoms with E-state index in [1.54, 1.807) is 25.6 Å². The molecule has 5 nitrogen and oxygen atoms in total. The van der Waals surface area contributed by atoms with Gasteiger partial charge in [0, 0.05) is 44.2 Å². The summed E-state index contributed by atoms with van der Waals surface area (Å²) in [7, 11) is 3.46. The van der Waals surface area contributed by atoms with Crippen LogP contribution in [0.1, 0.15) is 35.3 Å². The van der Waals surface area contributed by atoms with Crippen molar-refractivity contribution in [1.29, 1.82) is 0 Å². The van der Waals surface area contributed by atoms with Crippen LogP contribution in [0, 0.1) is 0 Å². The molecule has 1 saturated heterocycles. The van der Waals surface area contributed by atoms with Crippen LogP contribution >= 0.6 is 36.2 Å². The summed E-state index contributed by atoms with van der Waals surface area (Å²) < 4.78 is 10.9. The normalized spacial score (nSPS) is 18.5. The molecule has 8 heteroatoms. The second kappa shape index (κ2) is 11.1. The van der Waals surface area contributed by atoms with Gasteiger partial charge in [-0.2, -0.15) is 0 Å². The van der Waals surface area contributed by atoms with E-state index in [1.165, 1.54) is 5.56 Å². The molecule has 2 heterocycles. The maximum atomic E-state index is 5.56. The van der Waals surface area contributed by atoms with Crippen LogP contribution < -0.4 is 10.1 Å². The van der Waals surface area contributed by atoms with E-state index in [0.29, 0.717) is 6.04 Å². The second-order valence-corrected chi connectivity index (χ2v) is 6.88. The number of para-hydroxylation sites is 1. The minimum atomic E-state index is 0. The molecule has 2 atom stereocenters. The summed E-state index contributed by atoms with van der Waals surface area (Å²) in [4.78, 5) is 7.22. The first-order chi connectivity index (χ1) is 11.7. The van der Waals surface area contributed by atoms with Gasteiger partial charge in [0.15, 0.2) is 0 Å². The molecule has 0 spiro atoms. The van der Waals surface area contributed by atoms with Crippen molar-refractivity contribution in [3.05, 3.63) is 45.9 Å². The molecule has 0 bridgehead atoms. The summed E-state index contributed by atoms with van der Waals surface area (Å²) in [6.45, 7) is 5.79. The lowest BCUT2D eigenvalue weighted by Crippen LogP contribution is -2.45. The smallest absolute Gasteiger partial charge is 0.123 e. The highest BCUT2D eigenvalue weighted by Crippen LogP contribution is 2.31. The third kappa shape index (κ3) is 5.31. The Labute approximate surface area is 171 Å². The van der Waals surface area contributed by atoms with Crippen LogP contribution in [0.4, 0.5) is 0 Å². The Kier molecular flexibility index (Phi) is 9.85. The molecule has 1 aliphatic rings. The minimum Gasteiger partial charge on any atom is -0.496 e. The van der Waals surface area contributed by atoms with E-state index in [2.05, 4.69) is 27.7 Å². The first kappa shape index (κ1) is 23.1. The second-order valence-electron chi connectivity index (χ2n) is 5.99. The molecule has 3 rings (SSSR count). The number of ether oxygens (including phenoxy) is 2. The highest BCUT2D eigenvalue weighted by Gasteiger charge is 2.26. The van der Waals surface area contributed by atoms with Gasteiger partial charge in [0.1, 0.15) is 16.9 Å². The van der Waals surface area contributed by atoms with Gasteiger partial charge in [0.25, 0.3) is 0 Å². The van der Waals surface area contributed by atoms with Crippen molar-refractivity contribution in [2.75, 3.05) is 33.9 Å². The Morgan fingerprint density at radius 1 is 1.31 bits per heavy atom. The molecule has 146 valence electrons. The van der Waals surface area contributed by atoms with Crippen molar-refractivity contribution >= 4 is 36.2 Å². The number of hydrogen-bond donors (Lipinski definition) is 1. The summed E-state index contributed by atoms with van der Waals surface area (Å²) in [5.74, 6) is 0.947. The van der Waals surface area contributed by atoms with Crippen LogP contribution in [0.15, 0.2) is 29.6 Å². The van der Waals surface area contributed by atoms with E-state index in [-0.39, 0.29) is 30.9 Å². The van der Waals surface area contributed by atoms with Crippen molar-refractivity contribution in [2.24, 2.45) is 0 Å². The van der Waals surface area contributed by atoms with Crippen LogP contribution in [-0.2, 0) is 11.3 Å². The van der Waals surface area contributed by atoms with Crippen LogP contribution in [0.25, 0.3) is 0 Å². The van der Waals surface area contributed by atoms with Gasteiger partial charge >= 0.3 is 0 Å². The van der Waals surface area contributed by atoms with Crippen molar-refractivity contribution < 1.29 is 9.47 Å². The van der Waals surface area contributed by atoms with E-state index < -0.39 is 0 Å². The molecule has 1 N–H and O–H groups in total. The molecule has 1 aliphatic heterocycles. The van der Waals surface area contributed by atoms with Gasteiger partial charge in [-0.15, -0.1) is 36.2 Å². The Morgan fingerprint density at radius 2 is 2.08 bits per heavy atom. The molecule has 1 aromatic carbocycles. The van der Waals surface area contributed by atoms with E-state index in [9.17, 15) is 0 Å². The summed E-state index contributed by atoms with van der Waals surface area (Å²) >= 11 is 1.67. The molecule has 2 unspecified atom stereocenters. The van der Waals surface area contributed by atoms with Crippen molar-refractivity contribution in [3.8, 4) is 5.75 Å². The number of nitrogens with zero attached hydrogens (tertiary/aromatic N) is 2. The lowest BCUT2D eigenvalue weighted by Gasteiger charge is -2.36. The van der Waals surface area contributed by atoms with Crippen LogP contribution in [0.5, 0.6) is 5.75 Å². The van der Waals surface area contributed by atoms with Gasteiger partial charge in [-0.25, -0.2) is 4.98 Å². The van der Waals surface area contributed by atoms with Gasteiger partial charge in [-0.3, -0.25) is 4.90 Å². The highest BCUT2D eigenvalue weighted by molar-refractivity contribution is 7.09. The number of hydrogen-bond acceptors (Lipinski definition) is 6. The number of piperazine rings is 1. The molecule has 1 fully saturated rings. The van der Waals surface area contributed by atoms with Crippen molar-refractivity contribution in [1.82, 2.24) is 15.2 Å². The fourth-order valence-electron chi connectivity index (χ4n) is 3.07. The monoisotopic (exact) mass is 419 g/mol. The van der Waals surface area contributed by atoms with E-state index in [1.807, 2.05) is 19.1 Å². The quantitative estimate of drug-likeness (QED) is 0.769. The number of halogens is 2. The molecule has 26 heavy (non-hydrogen) atoms. The number of aromatic nitrogens is 1. The summed E-state index contributed by atoms with van der Waals surface area (Å²) in [5.41, 5.74) is 2.34. The first-order valence-corrected chi connectivity index (χ1v) is 9.15. The van der Waals surface area contributed by atoms with Crippen LogP contribution in [0.2, 0.25) is 0 Å². The molecule has 0 aliphatic carbocycles. The molecule has 1 aromatic heterocycles.